The Balaban J connectivity index is 1.89. The third kappa shape index (κ3) is 2.81. The summed E-state index contributed by atoms with van der Waals surface area (Å²) in [4.78, 5) is 27.2. The van der Waals surface area contributed by atoms with E-state index in [-0.39, 0.29) is 6.42 Å². The minimum absolute atomic E-state index is 0.0439. The number of aryl methyl sites for hydroxylation is 1. The molecule has 0 aliphatic heterocycles. The Morgan fingerprint density at radius 1 is 1.52 bits per heavy atom. The van der Waals surface area contributed by atoms with Gasteiger partial charge in [-0.3, -0.25) is 4.79 Å². The fourth-order valence-electron chi connectivity index (χ4n) is 1.68. The number of aromatic amines is 1. The maximum Gasteiger partial charge on any atom is 0.364 e. The highest BCUT2D eigenvalue weighted by molar-refractivity contribution is 8.01. The van der Waals surface area contributed by atoms with Crippen molar-refractivity contribution in [2.45, 2.75) is 22.7 Å². The zero-order chi connectivity index (χ0) is 15.0. The molecule has 0 fully saturated rings. The molecule has 8 nitrogen and oxygen atoms in total. The molecule has 3 heterocycles. The zero-order valence-corrected chi connectivity index (χ0v) is 12.4. The first-order valence-corrected chi connectivity index (χ1v) is 7.46. The molecule has 10 heteroatoms. The van der Waals surface area contributed by atoms with Crippen molar-refractivity contribution in [3.63, 3.8) is 0 Å². The van der Waals surface area contributed by atoms with Crippen LogP contribution in [0.25, 0.3) is 5.65 Å². The van der Waals surface area contributed by atoms with E-state index >= 15 is 0 Å². The summed E-state index contributed by atoms with van der Waals surface area (Å²) in [6.45, 7) is 1.77. The van der Waals surface area contributed by atoms with Crippen molar-refractivity contribution in [2.75, 3.05) is 0 Å². The van der Waals surface area contributed by atoms with Gasteiger partial charge in [-0.05, 0) is 30.8 Å². The van der Waals surface area contributed by atoms with Gasteiger partial charge in [0.05, 0.1) is 12.1 Å². The number of aliphatic carboxylic acids is 1. The van der Waals surface area contributed by atoms with Gasteiger partial charge in [-0.2, -0.15) is 14.7 Å². The van der Waals surface area contributed by atoms with E-state index in [1.165, 1.54) is 27.6 Å². The third-order valence-electron chi connectivity index (χ3n) is 2.63. The Morgan fingerprint density at radius 3 is 3.10 bits per heavy atom. The van der Waals surface area contributed by atoms with Gasteiger partial charge in [0.15, 0.2) is 9.99 Å². The fraction of sp³-hybridized carbons (Fsp3) is 0.182. The van der Waals surface area contributed by atoms with E-state index in [2.05, 4.69) is 20.3 Å². The molecule has 0 saturated carbocycles. The SMILES string of the molecule is Cc1nc(Sc2ccc3n[nH]c(=O)n3n2)sc1CC(=O)O. The van der Waals surface area contributed by atoms with Crippen LogP contribution in [0.2, 0.25) is 0 Å². The lowest BCUT2D eigenvalue weighted by Gasteiger charge is -1.96. The summed E-state index contributed by atoms with van der Waals surface area (Å²) in [6, 6.07) is 3.40. The molecule has 0 unspecified atom stereocenters. The lowest BCUT2D eigenvalue weighted by atomic mass is 10.3. The Morgan fingerprint density at radius 2 is 2.33 bits per heavy atom. The maximum atomic E-state index is 11.5. The van der Waals surface area contributed by atoms with Crippen LogP contribution in [0.15, 0.2) is 26.3 Å². The average molecular weight is 323 g/mol. The van der Waals surface area contributed by atoms with Crippen LogP contribution in [0.4, 0.5) is 0 Å². The van der Waals surface area contributed by atoms with Crippen LogP contribution < -0.4 is 5.69 Å². The van der Waals surface area contributed by atoms with Gasteiger partial charge in [-0.25, -0.2) is 14.9 Å². The number of thiazole rings is 1. The smallest absolute Gasteiger partial charge is 0.364 e. The topological polar surface area (TPSA) is 113 Å². The predicted octanol–water partition coefficient (Wildman–Crippen LogP) is 0.961. The molecular formula is C11H9N5O3S2. The highest BCUT2D eigenvalue weighted by Crippen LogP contribution is 2.31. The van der Waals surface area contributed by atoms with Gasteiger partial charge in [0.1, 0.15) is 5.03 Å². The number of fused-ring (bicyclic) bond motifs is 1. The minimum atomic E-state index is -0.886. The van der Waals surface area contributed by atoms with Crippen LogP contribution in [0.3, 0.4) is 0 Å². The van der Waals surface area contributed by atoms with E-state index in [1.54, 1.807) is 19.1 Å². The number of carboxylic acids is 1. The van der Waals surface area contributed by atoms with Crippen LogP contribution in [0.1, 0.15) is 10.6 Å². The van der Waals surface area contributed by atoms with Gasteiger partial charge in [0, 0.05) is 4.88 Å². The van der Waals surface area contributed by atoms with Gasteiger partial charge in [0.25, 0.3) is 0 Å². The molecule has 0 spiro atoms. The van der Waals surface area contributed by atoms with Crippen LogP contribution in [-0.4, -0.2) is 35.9 Å². The van der Waals surface area contributed by atoms with E-state index < -0.39 is 11.7 Å². The standard InChI is InChI=1S/C11H9N5O3S2/c1-5-6(4-9(17)18)20-11(12-5)21-8-3-2-7-13-14-10(19)16(7)15-8/h2-3H,4H2,1H3,(H,14,19)(H,17,18). The average Bonchev–Trinajstić information content (AvgIpc) is 2.94. The maximum absolute atomic E-state index is 11.5. The molecule has 3 rings (SSSR count). The summed E-state index contributed by atoms with van der Waals surface area (Å²) in [6.07, 6.45) is -0.0439. The van der Waals surface area contributed by atoms with Crippen molar-refractivity contribution >= 4 is 34.7 Å². The number of carbonyl (C=O) groups is 1. The Labute approximate surface area is 125 Å². The zero-order valence-electron chi connectivity index (χ0n) is 10.7. The van der Waals surface area contributed by atoms with E-state index in [9.17, 15) is 9.59 Å². The molecule has 0 bridgehead atoms. The van der Waals surface area contributed by atoms with Crippen molar-refractivity contribution in [1.82, 2.24) is 24.8 Å². The first-order valence-electron chi connectivity index (χ1n) is 5.83. The Bertz CT molecular complexity index is 881. The van der Waals surface area contributed by atoms with E-state index in [0.717, 1.165) is 0 Å². The molecule has 0 aliphatic rings. The number of hydrogen-bond acceptors (Lipinski definition) is 7. The van der Waals surface area contributed by atoms with Gasteiger partial charge in [0.2, 0.25) is 0 Å². The number of nitrogens with one attached hydrogen (secondary N) is 1. The predicted molar refractivity (Wildman–Crippen MR) is 75.9 cm³/mol. The molecule has 3 aromatic heterocycles. The monoisotopic (exact) mass is 323 g/mol. The van der Waals surface area contributed by atoms with E-state index in [4.69, 9.17) is 5.11 Å². The lowest BCUT2D eigenvalue weighted by Crippen LogP contribution is -2.12. The molecule has 0 saturated heterocycles. The van der Waals surface area contributed by atoms with Crippen LogP contribution >= 0.6 is 23.1 Å². The fourth-order valence-corrected chi connectivity index (χ4v) is 3.80. The van der Waals surface area contributed by atoms with Crippen molar-refractivity contribution in [2.24, 2.45) is 0 Å². The second-order valence-corrected chi connectivity index (χ2v) is 6.48. The first kappa shape index (κ1) is 13.8. The molecule has 2 N–H and O–H groups in total. The van der Waals surface area contributed by atoms with Gasteiger partial charge in [-0.15, -0.1) is 11.3 Å². The van der Waals surface area contributed by atoms with Crippen LogP contribution in [0.5, 0.6) is 0 Å². The van der Waals surface area contributed by atoms with Gasteiger partial charge >= 0.3 is 11.7 Å². The summed E-state index contributed by atoms with van der Waals surface area (Å²) < 4.78 is 1.85. The summed E-state index contributed by atoms with van der Waals surface area (Å²) in [7, 11) is 0. The second-order valence-electron chi connectivity index (χ2n) is 4.13. The lowest BCUT2D eigenvalue weighted by molar-refractivity contribution is -0.136. The molecule has 0 aromatic carbocycles. The number of aromatic nitrogens is 5. The Hall–Kier alpha value is -2.20. The van der Waals surface area contributed by atoms with E-state index in [1.807, 2.05) is 0 Å². The van der Waals surface area contributed by atoms with Crippen LogP contribution in [-0.2, 0) is 11.2 Å². The molecule has 0 aliphatic carbocycles. The summed E-state index contributed by atoms with van der Waals surface area (Å²) in [5.41, 5.74) is 0.729. The van der Waals surface area contributed by atoms with Crippen molar-refractivity contribution in [3.05, 3.63) is 33.2 Å². The minimum Gasteiger partial charge on any atom is -0.481 e. The second kappa shape index (κ2) is 5.30. The number of carboxylic acid groups (broad SMARTS) is 1. The van der Waals surface area contributed by atoms with Crippen molar-refractivity contribution in [1.29, 1.82) is 0 Å². The molecule has 21 heavy (non-hydrogen) atoms. The van der Waals surface area contributed by atoms with Crippen molar-refractivity contribution in [3.8, 4) is 0 Å². The number of nitrogens with zero attached hydrogens (tertiary/aromatic N) is 4. The highest BCUT2D eigenvalue weighted by Gasteiger charge is 2.13. The number of rotatable bonds is 4. The normalized spacial score (nSPS) is 11.1. The van der Waals surface area contributed by atoms with Gasteiger partial charge in [-0.1, -0.05) is 0 Å². The number of hydrogen-bond donors (Lipinski definition) is 2. The number of H-pyrrole nitrogens is 1. The van der Waals surface area contributed by atoms with Crippen LogP contribution in [0, 0.1) is 6.92 Å². The molecule has 0 amide bonds. The first-order chi connectivity index (χ1) is 10.0. The highest BCUT2D eigenvalue weighted by atomic mass is 32.2. The third-order valence-corrected chi connectivity index (χ3v) is 4.77. The Kier molecular flexibility index (Phi) is 3.47. The largest absolute Gasteiger partial charge is 0.481 e. The molecular weight excluding hydrogens is 314 g/mol. The summed E-state index contributed by atoms with van der Waals surface area (Å²) in [5.74, 6) is -0.886. The van der Waals surface area contributed by atoms with Crippen molar-refractivity contribution < 1.29 is 9.90 Å². The molecule has 3 aromatic rings. The van der Waals surface area contributed by atoms with Gasteiger partial charge < -0.3 is 5.11 Å². The quantitative estimate of drug-likeness (QED) is 0.735. The molecule has 0 atom stereocenters. The summed E-state index contributed by atoms with van der Waals surface area (Å²) >= 11 is 2.59. The summed E-state index contributed by atoms with van der Waals surface area (Å²) in [5, 5.41) is 19.7. The molecule has 108 valence electrons. The van der Waals surface area contributed by atoms with E-state index in [0.29, 0.717) is 25.6 Å². The molecule has 0 radical (unpaired) electrons.